The van der Waals surface area contributed by atoms with Crippen LogP contribution >= 0.6 is 7.82 Å². The Balaban J connectivity index is 4.51. The molecular formula is C44H85N2O6P. The van der Waals surface area contributed by atoms with Gasteiger partial charge in [0.15, 0.2) is 0 Å². The Morgan fingerprint density at radius 2 is 1.06 bits per heavy atom. The zero-order valence-corrected chi connectivity index (χ0v) is 36.1. The van der Waals surface area contributed by atoms with E-state index in [9.17, 15) is 19.4 Å². The molecule has 0 saturated heterocycles. The van der Waals surface area contributed by atoms with E-state index in [0.717, 1.165) is 57.8 Å². The Hall–Kier alpha value is -1.28. The van der Waals surface area contributed by atoms with Gasteiger partial charge in [0.2, 0.25) is 5.91 Å². The molecule has 0 aliphatic rings. The minimum absolute atomic E-state index is 0.00799. The molecule has 0 heterocycles. The number of rotatable bonds is 39. The van der Waals surface area contributed by atoms with Crippen LogP contribution in [0.2, 0.25) is 0 Å². The number of allylic oxidation sites excluding steroid dienone is 5. The second-order valence-electron chi connectivity index (χ2n) is 16.0. The zero-order chi connectivity index (χ0) is 39.3. The van der Waals surface area contributed by atoms with Crippen molar-refractivity contribution in [2.24, 2.45) is 0 Å². The molecule has 0 aromatic carbocycles. The predicted molar refractivity (Wildman–Crippen MR) is 224 cm³/mol. The first-order valence-electron chi connectivity index (χ1n) is 21.9. The number of nitrogens with one attached hydrogen (secondary N) is 1. The third-order valence-corrected chi connectivity index (χ3v) is 10.5. The molecule has 0 rings (SSSR count). The molecule has 0 spiro atoms. The quantitative estimate of drug-likeness (QED) is 0.0279. The molecule has 0 aliphatic heterocycles. The largest absolute Gasteiger partial charge is 0.756 e. The van der Waals surface area contributed by atoms with E-state index in [1.54, 1.807) is 6.08 Å². The van der Waals surface area contributed by atoms with E-state index in [-0.39, 0.29) is 12.5 Å². The highest BCUT2D eigenvalue weighted by atomic mass is 31.2. The molecule has 2 N–H and O–H groups in total. The van der Waals surface area contributed by atoms with Crippen molar-refractivity contribution >= 4 is 13.7 Å². The summed E-state index contributed by atoms with van der Waals surface area (Å²) in [5, 5.41) is 13.7. The third-order valence-electron chi connectivity index (χ3n) is 9.57. The minimum Gasteiger partial charge on any atom is -0.756 e. The van der Waals surface area contributed by atoms with Crippen molar-refractivity contribution < 1.29 is 32.9 Å². The van der Waals surface area contributed by atoms with Crippen LogP contribution in [-0.4, -0.2) is 68.5 Å². The second kappa shape index (κ2) is 36.4. The molecule has 0 aliphatic carbocycles. The number of hydrogen-bond donors (Lipinski definition) is 2. The van der Waals surface area contributed by atoms with Gasteiger partial charge in [0.1, 0.15) is 13.2 Å². The van der Waals surface area contributed by atoms with Gasteiger partial charge in [0.05, 0.1) is 39.9 Å². The zero-order valence-electron chi connectivity index (χ0n) is 35.2. The molecule has 8 nitrogen and oxygen atoms in total. The lowest BCUT2D eigenvalue weighted by Gasteiger charge is -2.29. The molecule has 9 heteroatoms. The Kier molecular flexibility index (Phi) is 35.5. The highest BCUT2D eigenvalue weighted by Crippen LogP contribution is 2.38. The first-order valence-corrected chi connectivity index (χ1v) is 23.3. The SMILES string of the molecule is CCCCCCC/C=C/CCCCCCCC(=O)N[C@@H](COP(=O)([O-])OCC[N+](C)(C)C)[C@H](O)/C=C/CC/C=C/CCCCCCCCCCCCC. The lowest BCUT2D eigenvalue weighted by molar-refractivity contribution is -0.870. The summed E-state index contributed by atoms with van der Waals surface area (Å²) in [5.41, 5.74) is 0. The number of hydrogen-bond acceptors (Lipinski definition) is 6. The van der Waals surface area contributed by atoms with Gasteiger partial charge in [0.25, 0.3) is 7.82 Å². The summed E-state index contributed by atoms with van der Waals surface area (Å²) in [7, 11) is 1.24. The van der Waals surface area contributed by atoms with Crippen LogP contribution in [0.1, 0.15) is 187 Å². The fourth-order valence-corrected chi connectivity index (χ4v) is 6.77. The Morgan fingerprint density at radius 1 is 0.642 bits per heavy atom. The van der Waals surface area contributed by atoms with Crippen LogP contribution in [0.4, 0.5) is 0 Å². The topological polar surface area (TPSA) is 108 Å². The maximum Gasteiger partial charge on any atom is 0.268 e. The Labute approximate surface area is 327 Å². The van der Waals surface area contributed by atoms with E-state index >= 15 is 0 Å². The summed E-state index contributed by atoms with van der Waals surface area (Å²) in [4.78, 5) is 25.2. The van der Waals surface area contributed by atoms with Gasteiger partial charge in [-0.05, 0) is 57.8 Å². The number of likely N-dealkylation sites (N-methyl/N-ethyl adjacent to an activating group) is 1. The summed E-state index contributed by atoms with van der Waals surface area (Å²) < 4.78 is 23.1. The fraction of sp³-hybridized carbons (Fsp3) is 0.841. The van der Waals surface area contributed by atoms with Crippen molar-refractivity contribution in [3.05, 3.63) is 36.5 Å². The van der Waals surface area contributed by atoms with Gasteiger partial charge >= 0.3 is 0 Å². The van der Waals surface area contributed by atoms with Crippen molar-refractivity contribution in [1.29, 1.82) is 0 Å². The van der Waals surface area contributed by atoms with Crippen LogP contribution in [-0.2, 0) is 18.4 Å². The summed E-state index contributed by atoms with van der Waals surface area (Å²) in [6, 6.07) is -0.905. The number of amides is 1. The van der Waals surface area contributed by atoms with Crippen molar-refractivity contribution in [3.8, 4) is 0 Å². The number of carbonyl (C=O) groups excluding carboxylic acids is 1. The first kappa shape index (κ1) is 51.7. The fourth-order valence-electron chi connectivity index (χ4n) is 6.04. The lowest BCUT2D eigenvalue weighted by atomic mass is 10.1. The Bertz CT molecular complexity index is 964. The summed E-state index contributed by atoms with van der Waals surface area (Å²) in [6.45, 7) is 4.60. The monoisotopic (exact) mass is 769 g/mol. The molecule has 0 aromatic rings. The van der Waals surface area contributed by atoms with Crippen LogP contribution in [0.25, 0.3) is 0 Å². The highest BCUT2D eigenvalue weighted by molar-refractivity contribution is 7.45. The van der Waals surface area contributed by atoms with Crippen LogP contribution in [0.5, 0.6) is 0 Å². The van der Waals surface area contributed by atoms with Crippen LogP contribution in [0.3, 0.4) is 0 Å². The number of phosphoric ester groups is 1. The number of nitrogens with zero attached hydrogens (tertiary/aromatic N) is 1. The van der Waals surface area contributed by atoms with Gasteiger partial charge < -0.3 is 28.8 Å². The number of aliphatic hydroxyl groups excluding tert-OH is 1. The first-order chi connectivity index (χ1) is 25.5. The summed E-state index contributed by atoms with van der Waals surface area (Å²) in [5.74, 6) is -0.218. The van der Waals surface area contributed by atoms with E-state index in [4.69, 9.17) is 9.05 Å². The molecule has 1 unspecified atom stereocenters. The molecule has 0 aromatic heterocycles. The normalized spacial score (nSPS) is 14.8. The summed E-state index contributed by atoms with van der Waals surface area (Å²) in [6.07, 6.45) is 43.3. The van der Waals surface area contributed by atoms with E-state index < -0.39 is 26.6 Å². The van der Waals surface area contributed by atoms with E-state index in [1.807, 2.05) is 27.2 Å². The number of quaternary nitrogens is 1. The van der Waals surface area contributed by atoms with Crippen molar-refractivity contribution in [3.63, 3.8) is 0 Å². The molecule has 0 bridgehead atoms. The standard InChI is InChI=1S/C44H85N2O6P/c1-6-8-10-12-14-16-18-20-22-23-24-25-27-29-31-33-35-37-43(47)42(41-52-53(49,50)51-40-39-46(3,4)5)45-44(48)38-36-34-32-30-28-26-21-19-17-15-13-11-9-7-2/h19,21,27,29,35,37,42-43,47H,6-18,20,22-26,28,30-34,36,38-41H2,1-5H3,(H-,45,48,49,50)/b21-19+,29-27+,37-35+/t42-,43+/m0/s1. The molecule has 0 saturated carbocycles. The minimum atomic E-state index is -4.59. The molecular weight excluding hydrogens is 683 g/mol. The van der Waals surface area contributed by atoms with Gasteiger partial charge in [-0.2, -0.15) is 0 Å². The highest BCUT2D eigenvalue weighted by Gasteiger charge is 2.23. The van der Waals surface area contributed by atoms with Crippen LogP contribution in [0, 0.1) is 0 Å². The lowest BCUT2D eigenvalue weighted by Crippen LogP contribution is -2.45. The molecule has 0 fully saturated rings. The summed E-state index contributed by atoms with van der Waals surface area (Å²) >= 11 is 0. The number of unbranched alkanes of at least 4 members (excludes halogenated alkanes) is 22. The molecule has 53 heavy (non-hydrogen) atoms. The van der Waals surface area contributed by atoms with E-state index in [1.165, 1.54) is 109 Å². The van der Waals surface area contributed by atoms with Crippen molar-refractivity contribution in [2.75, 3.05) is 40.9 Å². The van der Waals surface area contributed by atoms with Crippen molar-refractivity contribution in [2.45, 2.75) is 199 Å². The maximum atomic E-state index is 12.8. The van der Waals surface area contributed by atoms with Crippen LogP contribution < -0.4 is 10.2 Å². The molecule has 1 amide bonds. The van der Waals surface area contributed by atoms with E-state index in [2.05, 4.69) is 43.5 Å². The molecule has 0 radical (unpaired) electrons. The van der Waals surface area contributed by atoms with E-state index in [0.29, 0.717) is 17.4 Å². The maximum absolute atomic E-state index is 12.8. The van der Waals surface area contributed by atoms with Gasteiger partial charge in [-0.1, -0.05) is 159 Å². The Morgan fingerprint density at radius 3 is 1.53 bits per heavy atom. The van der Waals surface area contributed by atoms with Gasteiger partial charge in [0, 0.05) is 6.42 Å². The predicted octanol–water partition coefficient (Wildman–Crippen LogP) is 11.3. The number of phosphoric acid groups is 1. The van der Waals surface area contributed by atoms with Gasteiger partial charge in [-0.15, -0.1) is 0 Å². The van der Waals surface area contributed by atoms with Crippen LogP contribution in [0.15, 0.2) is 36.5 Å². The smallest absolute Gasteiger partial charge is 0.268 e. The molecule has 3 atom stereocenters. The average molecular weight is 769 g/mol. The number of carbonyl (C=O) groups is 1. The average Bonchev–Trinajstić information content (AvgIpc) is 3.10. The third kappa shape index (κ3) is 38.8. The second-order valence-corrected chi connectivity index (χ2v) is 17.4. The van der Waals surface area contributed by atoms with Gasteiger partial charge in [-0.25, -0.2) is 0 Å². The number of aliphatic hydroxyl groups is 1. The van der Waals surface area contributed by atoms with Gasteiger partial charge in [-0.3, -0.25) is 9.36 Å². The van der Waals surface area contributed by atoms with Crippen molar-refractivity contribution in [1.82, 2.24) is 5.32 Å². The molecule has 312 valence electrons.